The van der Waals surface area contributed by atoms with Gasteiger partial charge in [-0.25, -0.2) is 0 Å². The molecule has 2 unspecified atom stereocenters. The Balaban J connectivity index is 1.79. The number of benzene rings is 1. The highest BCUT2D eigenvalue weighted by Gasteiger charge is 2.28. The second kappa shape index (κ2) is 6.27. The molecule has 3 rings (SSSR count). The highest BCUT2D eigenvalue weighted by Crippen LogP contribution is 2.34. The van der Waals surface area contributed by atoms with Gasteiger partial charge in [-0.2, -0.15) is 0 Å². The molecule has 1 N–H and O–H groups in total. The molecule has 1 aliphatic rings. The molecular formula is C18H23NO. The lowest BCUT2D eigenvalue weighted by atomic mass is 9.79. The molecule has 1 aromatic heterocycles. The fourth-order valence-corrected chi connectivity index (χ4v) is 3.28. The molecule has 0 saturated carbocycles. The molecule has 0 aliphatic heterocycles. The average molecular weight is 269 g/mol. The quantitative estimate of drug-likeness (QED) is 0.883. The summed E-state index contributed by atoms with van der Waals surface area (Å²) in [5.41, 5.74) is 3.04. The zero-order chi connectivity index (χ0) is 13.8. The molecule has 2 heteroatoms. The van der Waals surface area contributed by atoms with Crippen LogP contribution >= 0.6 is 0 Å². The molecule has 20 heavy (non-hydrogen) atoms. The Bertz CT molecular complexity index is 532. The Labute approximate surface area is 121 Å². The lowest BCUT2D eigenvalue weighted by Crippen LogP contribution is -2.32. The summed E-state index contributed by atoms with van der Waals surface area (Å²) in [5.74, 6) is 1.71. The van der Waals surface area contributed by atoms with Crippen LogP contribution in [0, 0.1) is 5.92 Å². The number of hydrogen-bond acceptors (Lipinski definition) is 2. The van der Waals surface area contributed by atoms with E-state index >= 15 is 0 Å². The van der Waals surface area contributed by atoms with Crippen LogP contribution in [0.15, 0.2) is 47.1 Å². The van der Waals surface area contributed by atoms with Gasteiger partial charge in [0.15, 0.2) is 0 Å². The van der Waals surface area contributed by atoms with Crippen LogP contribution in [0.2, 0.25) is 0 Å². The molecule has 0 fully saturated rings. The first kappa shape index (κ1) is 13.4. The third-order valence-corrected chi connectivity index (χ3v) is 4.32. The predicted molar refractivity (Wildman–Crippen MR) is 81.7 cm³/mol. The standard InChI is InChI=1S/C18H23NO/c1-2-11-19-18(17-8-5-12-20-17)16-10-9-14-6-3-4-7-15(14)13-16/h3-8,12,16,18-19H,2,9-11,13H2,1H3. The summed E-state index contributed by atoms with van der Waals surface area (Å²) in [5, 5.41) is 3.68. The Morgan fingerprint density at radius 3 is 2.80 bits per heavy atom. The first-order valence-corrected chi connectivity index (χ1v) is 7.72. The van der Waals surface area contributed by atoms with Crippen LogP contribution in [0.4, 0.5) is 0 Å². The molecule has 0 amide bonds. The third-order valence-electron chi connectivity index (χ3n) is 4.32. The maximum Gasteiger partial charge on any atom is 0.120 e. The highest BCUT2D eigenvalue weighted by molar-refractivity contribution is 5.30. The van der Waals surface area contributed by atoms with Gasteiger partial charge in [0.1, 0.15) is 5.76 Å². The normalized spacial score (nSPS) is 19.6. The maximum absolute atomic E-state index is 5.67. The monoisotopic (exact) mass is 269 g/mol. The van der Waals surface area contributed by atoms with Crippen LogP contribution in [0.1, 0.15) is 42.7 Å². The Hall–Kier alpha value is -1.54. The van der Waals surface area contributed by atoms with E-state index in [4.69, 9.17) is 4.42 Å². The van der Waals surface area contributed by atoms with E-state index < -0.39 is 0 Å². The van der Waals surface area contributed by atoms with E-state index in [2.05, 4.69) is 42.6 Å². The summed E-state index contributed by atoms with van der Waals surface area (Å²) >= 11 is 0. The number of rotatable bonds is 5. The summed E-state index contributed by atoms with van der Waals surface area (Å²) < 4.78 is 5.67. The minimum Gasteiger partial charge on any atom is -0.468 e. The summed E-state index contributed by atoms with van der Waals surface area (Å²) in [6, 6.07) is 13.3. The van der Waals surface area contributed by atoms with Crippen molar-refractivity contribution in [3.63, 3.8) is 0 Å². The fraction of sp³-hybridized carbons (Fsp3) is 0.444. The molecular weight excluding hydrogens is 246 g/mol. The van der Waals surface area contributed by atoms with Gasteiger partial charge in [0.2, 0.25) is 0 Å². The Kier molecular flexibility index (Phi) is 4.22. The number of aryl methyl sites for hydroxylation is 1. The topological polar surface area (TPSA) is 25.2 Å². The van der Waals surface area contributed by atoms with Gasteiger partial charge >= 0.3 is 0 Å². The van der Waals surface area contributed by atoms with Crippen molar-refractivity contribution in [3.8, 4) is 0 Å². The minimum absolute atomic E-state index is 0.346. The summed E-state index contributed by atoms with van der Waals surface area (Å²) in [6.07, 6.45) is 6.51. The minimum atomic E-state index is 0.346. The molecule has 106 valence electrons. The van der Waals surface area contributed by atoms with Crippen molar-refractivity contribution >= 4 is 0 Å². The van der Waals surface area contributed by atoms with E-state index in [1.165, 1.54) is 24.0 Å². The Morgan fingerprint density at radius 2 is 2.05 bits per heavy atom. The van der Waals surface area contributed by atoms with E-state index in [1.807, 2.05) is 6.07 Å². The van der Waals surface area contributed by atoms with Gasteiger partial charge in [-0.3, -0.25) is 0 Å². The zero-order valence-electron chi connectivity index (χ0n) is 12.1. The molecule has 0 spiro atoms. The van der Waals surface area contributed by atoms with Gasteiger partial charge in [0.25, 0.3) is 0 Å². The van der Waals surface area contributed by atoms with Gasteiger partial charge in [-0.1, -0.05) is 31.2 Å². The molecule has 1 aliphatic carbocycles. The average Bonchev–Trinajstić information content (AvgIpc) is 3.02. The van der Waals surface area contributed by atoms with Crippen molar-refractivity contribution in [2.45, 2.75) is 38.6 Å². The van der Waals surface area contributed by atoms with Crippen molar-refractivity contribution in [1.29, 1.82) is 0 Å². The lowest BCUT2D eigenvalue weighted by Gasteiger charge is -2.31. The van der Waals surface area contributed by atoms with Crippen molar-refractivity contribution in [2.75, 3.05) is 6.54 Å². The summed E-state index contributed by atoms with van der Waals surface area (Å²) in [7, 11) is 0. The molecule has 2 atom stereocenters. The van der Waals surface area contributed by atoms with Crippen LogP contribution < -0.4 is 5.32 Å². The van der Waals surface area contributed by atoms with Crippen molar-refractivity contribution in [1.82, 2.24) is 5.32 Å². The molecule has 1 heterocycles. The van der Waals surface area contributed by atoms with Crippen LogP contribution in [0.5, 0.6) is 0 Å². The van der Waals surface area contributed by atoms with Crippen LogP contribution in [-0.4, -0.2) is 6.54 Å². The van der Waals surface area contributed by atoms with Crippen molar-refractivity contribution in [3.05, 3.63) is 59.5 Å². The zero-order valence-corrected chi connectivity index (χ0v) is 12.1. The second-order valence-corrected chi connectivity index (χ2v) is 5.72. The molecule has 1 aromatic carbocycles. The fourth-order valence-electron chi connectivity index (χ4n) is 3.28. The van der Waals surface area contributed by atoms with Gasteiger partial charge in [-0.05, 0) is 61.4 Å². The number of hydrogen-bond donors (Lipinski definition) is 1. The smallest absolute Gasteiger partial charge is 0.120 e. The lowest BCUT2D eigenvalue weighted by molar-refractivity contribution is 0.284. The SMILES string of the molecule is CCCNC(c1ccco1)C1CCc2ccccc2C1. The van der Waals surface area contributed by atoms with E-state index in [0.717, 1.165) is 25.1 Å². The first-order chi connectivity index (χ1) is 9.88. The maximum atomic E-state index is 5.67. The number of furan rings is 1. The van der Waals surface area contributed by atoms with Crippen molar-refractivity contribution in [2.24, 2.45) is 5.92 Å². The largest absolute Gasteiger partial charge is 0.468 e. The third kappa shape index (κ3) is 2.80. The highest BCUT2D eigenvalue weighted by atomic mass is 16.3. The van der Waals surface area contributed by atoms with E-state index in [-0.39, 0.29) is 0 Å². The van der Waals surface area contributed by atoms with Gasteiger partial charge in [0, 0.05) is 0 Å². The van der Waals surface area contributed by atoms with Gasteiger partial charge in [-0.15, -0.1) is 0 Å². The number of fused-ring (bicyclic) bond motifs is 1. The molecule has 2 nitrogen and oxygen atoms in total. The molecule has 0 radical (unpaired) electrons. The molecule has 0 saturated heterocycles. The summed E-state index contributed by atoms with van der Waals surface area (Å²) in [4.78, 5) is 0. The van der Waals surface area contributed by atoms with Gasteiger partial charge < -0.3 is 9.73 Å². The van der Waals surface area contributed by atoms with E-state index in [9.17, 15) is 0 Å². The van der Waals surface area contributed by atoms with Crippen LogP contribution in [0.25, 0.3) is 0 Å². The molecule has 0 bridgehead atoms. The first-order valence-electron chi connectivity index (χ1n) is 7.72. The van der Waals surface area contributed by atoms with E-state index in [0.29, 0.717) is 12.0 Å². The predicted octanol–water partition coefficient (Wildman–Crippen LogP) is 4.13. The van der Waals surface area contributed by atoms with Crippen molar-refractivity contribution < 1.29 is 4.42 Å². The van der Waals surface area contributed by atoms with Crippen LogP contribution in [-0.2, 0) is 12.8 Å². The Morgan fingerprint density at radius 1 is 1.20 bits per heavy atom. The summed E-state index contributed by atoms with van der Waals surface area (Å²) in [6.45, 7) is 3.26. The second-order valence-electron chi connectivity index (χ2n) is 5.72. The van der Waals surface area contributed by atoms with Crippen LogP contribution in [0.3, 0.4) is 0 Å². The number of nitrogens with one attached hydrogen (secondary N) is 1. The van der Waals surface area contributed by atoms with E-state index in [1.54, 1.807) is 6.26 Å². The molecule has 2 aromatic rings. The van der Waals surface area contributed by atoms with Gasteiger partial charge in [0.05, 0.1) is 12.3 Å².